The number of rotatable bonds is 3. The van der Waals surface area contributed by atoms with Crippen LogP contribution < -0.4 is 0 Å². The van der Waals surface area contributed by atoms with Gasteiger partial charge in [-0.2, -0.15) is 0 Å². The molecular formula is C9H8OS. The van der Waals surface area contributed by atoms with Crippen molar-refractivity contribution < 1.29 is 4.79 Å². The summed E-state index contributed by atoms with van der Waals surface area (Å²) in [5.41, 5.74) is 0. The molecule has 1 aromatic rings. The molecule has 0 aliphatic rings. The Hall–Kier alpha value is -1.15. The predicted octanol–water partition coefficient (Wildman–Crippen LogP) is 2.76. The third-order valence-electron chi connectivity index (χ3n) is 1.16. The highest BCUT2D eigenvalue weighted by Gasteiger charge is 1.92. The molecule has 0 aliphatic carbocycles. The summed E-state index contributed by atoms with van der Waals surface area (Å²) in [6.45, 7) is 3.55. The van der Waals surface area contributed by atoms with Crippen LogP contribution in [0.25, 0.3) is 6.08 Å². The first kappa shape index (κ1) is 7.95. The van der Waals surface area contributed by atoms with Gasteiger partial charge in [-0.3, -0.25) is 4.79 Å². The molecule has 56 valence electrons. The minimum absolute atomic E-state index is 0.758. The fraction of sp³-hybridized carbons (Fsp3) is 0. The van der Waals surface area contributed by atoms with E-state index in [2.05, 4.69) is 6.58 Å². The van der Waals surface area contributed by atoms with Crippen molar-refractivity contribution in [3.63, 3.8) is 0 Å². The molecule has 1 heterocycles. The van der Waals surface area contributed by atoms with Crippen molar-refractivity contribution in [3.05, 3.63) is 40.6 Å². The summed E-state index contributed by atoms with van der Waals surface area (Å²) in [5.74, 6) is 0. The lowest BCUT2D eigenvalue weighted by atomic mass is 10.4. The van der Waals surface area contributed by atoms with Gasteiger partial charge in [-0.25, -0.2) is 0 Å². The molecule has 1 aromatic heterocycles. The Bertz CT molecular complexity index is 284. The van der Waals surface area contributed by atoms with Crippen molar-refractivity contribution in [2.24, 2.45) is 0 Å². The first-order valence-electron chi connectivity index (χ1n) is 3.21. The van der Waals surface area contributed by atoms with Crippen molar-refractivity contribution in [3.8, 4) is 0 Å². The maximum atomic E-state index is 10.3. The van der Waals surface area contributed by atoms with E-state index in [0.29, 0.717) is 0 Å². The highest BCUT2D eigenvalue weighted by molar-refractivity contribution is 7.14. The Morgan fingerprint density at radius 1 is 1.36 bits per heavy atom. The van der Waals surface area contributed by atoms with Crippen LogP contribution in [0.3, 0.4) is 0 Å². The van der Waals surface area contributed by atoms with Crippen LogP contribution in [0.1, 0.15) is 14.5 Å². The zero-order valence-corrected chi connectivity index (χ0v) is 6.80. The van der Waals surface area contributed by atoms with Gasteiger partial charge in [-0.05, 0) is 18.2 Å². The maximum absolute atomic E-state index is 10.3. The first-order valence-corrected chi connectivity index (χ1v) is 4.02. The van der Waals surface area contributed by atoms with Gasteiger partial charge in [0.25, 0.3) is 0 Å². The lowest BCUT2D eigenvalue weighted by Gasteiger charge is -1.78. The molecule has 2 heteroatoms. The molecular weight excluding hydrogens is 156 g/mol. The number of carbonyl (C=O) groups excluding carboxylic acids is 1. The second kappa shape index (κ2) is 3.88. The van der Waals surface area contributed by atoms with E-state index in [1.165, 1.54) is 11.3 Å². The van der Waals surface area contributed by atoms with Crippen molar-refractivity contribution in [1.29, 1.82) is 0 Å². The molecule has 0 aromatic carbocycles. The fourth-order valence-corrected chi connectivity index (χ4v) is 1.42. The highest BCUT2D eigenvalue weighted by Crippen LogP contribution is 2.15. The van der Waals surface area contributed by atoms with Gasteiger partial charge in [0.1, 0.15) is 0 Å². The summed E-state index contributed by atoms with van der Waals surface area (Å²) in [5, 5.41) is 0. The van der Waals surface area contributed by atoms with Crippen molar-refractivity contribution in [1.82, 2.24) is 0 Å². The minimum Gasteiger partial charge on any atom is -0.297 e. The monoisotopic (exact) mass is 164 g/mol. The molecule has 0 saturated carbocycles. The fourth-order valence-electron chi connectivity index (χ4n) is 0.684. The Labute approximate surface area is 69.7 Å². The van der Waals surface area contributed by atoms with Gasteiger partial charge in [-0.15, -0.1) is 11.3 Å². The first-order chi connectivity index (χ1) is 5.36. The SMILES string of the molecule is C=C/C=C\c1ccc(C=O)s1. The smallest absolute Gasteiger partial charge is 0.160 e. The van der Waals surface area contributed by atoms with Crippen LogP contribution in [0.4, 0.5) is 0 Å². The van der Waals surface area contributed by atoms with Gasteiger partial charge in [0.05, 0.1) is 4.88 Å². The largest absolute Gasteiger partial charge is 0.297 e. The Kier molecular flexibility index (Phi) is 2.81. The molecule has 0 amide bonds. The minimum atomic E-state index is 0.758. The van der Waals surface area contributed by atoms with Gasteiger partial charge in [0.15, 0.2) is 6.29 Å². The second-order valence-electron chi connectivity index (χ2n) is 1.95. The van der Waals surface area contributed by atoms with E-state index in [-0.39, 0.29) is 0 Å². The molecule has 0 fully saturated rings. The number of allylic oxidation sites excluding steroid dienone is 2. The summed E-state index contributed by atoms with van der Waals surface area (Å²) in [6, 6.07) is 3.72. The van der Waals surface area contributed by atoms with Gasteiger partial charge >= 0.3 is 0 Å². The van der Waals surface area contributed by atoms with E-state index < -0.39 is 0 Å². The van der Waals surface area contributed by atoms with E-state index in [4.69, 9.17) is 0 Å². The lowest BCUT2D eigenvalue weighted by Crippen LogP contribution is -1.61. The van der Waals surface area contributed by atoms with Crippen molar-refractivity contribution in [2.75, 3.05) is 0 Å². The Balaban J connectivity index is 2.80. The molecule has 11 heavy (non-hydrogen) atoms. The zero-order valence-electron chi connectivity index (χ0n) is 5.99. The highest BCUT2D eigenvalue weighted by atomic mass is 32.1. The van der Waals surface area contributed by atoms with Crippen LogP contribution in [0.2, 0.25) is 0 Å². The molecule has 1 nitrogen and oxygen atoms in total. The quantitative estimate of drug-likeness (QED) is 0.496. The van der Waals surface area contributed by atoms with E-state index in [9.17, 15) is 4.79 Å². The molecule has 0 aliphatic heterocycles. The Morgan fingerprint density at radius 3 is 2.64 bits per heavy atom. The average molecular weight is 164 g/mol. The molecule has 0 radical (unpaired) electrons. The summed E-state index contributed by atoms with van der Waals surface area (Å²) < 4.78 is 0. The summed E-state index contributed by atoms with van der Waals surface area (Å²) >= 11 is 1.47. The third-order valence-corrected chi connectivity index (χ3v) is 2.14. The number of aldehydes is 1. The van der Waals surface area contributed by atoms with Gasteiger partial charge in [0, 0.05) is 4.88 Å². The third kappa shape index (κ3) is 2.16. The van der Waals surface area contributed by atoms with Crippen molar-refractivity contribution >= 4 is 23.7 Å². The molecule has 0 atom stereocenters. The van der Waals surface area contributed by atoms with Crippen LogP contribution >= 0.6 is 11.3 Å². The summed E-state index contributed by atoms with van der Waals surface area (Å²) in [7, 11) is 0. The normalized spacial score (nSPS) is 10.2. The van der Waals surface area contributed by atoms with Gasteiger partial charge in [-0.1, -0.05) is 18.7 Å². The van der Waals surface area contributed by atoms with E-state index in [0.717, 1.165) is 16.0 Å². The van der Waals surface area contributed by atoms with Crippen LogP contribution in [-0.2, 0) is 0 Å². The summed E-state index contributed by atoms with van der Waals surface area (Å²) in [6.07, 6.45) is 6.33. The van der Waals surface area contributed by atoms with Crippen LogP contribution in [0.5, 0.6) is 0 Å². The number of thiophene rings is 1. The Morgan fingerprint density at radius 2 is 2.09 bits per heavy atom. The molecule has 0 bridgehead atoms. The molecule has 1 rings (SSSR count). The predicted molar refractivity (Wildman–Crippen MR) is 48.9 cm³/mol. The number of hydrogen-bond donors (Lipinski definition) is 0. The average Bonchev–Trinajstić information content (AvgIpc) is 2.48. The number of carbonyl (C=O) groups is 1. The molecule has 0 N–H and O–H groups in total. The standard InChI is InChI=1S/C9H8OS/c1-2-3-4-8-5-6-9(7-10)11-8/h2-7H,1H2/b4-3-. The second-order valence-corrected chi connectivity index (χ2v) is 3.10. The van der Waals surface area contributed by atoms with Gasteiger partial charge < -0.3 is 0 Å². The summed E-state index contributed by atoms with van der Waals surface area (Å²) in [4.78, 5) is 12.1. The van der Waals surface area contributed by atoms with Crippen LogP contribution in [0, 0.1) is 0 Å². The van der Waals surface area contributed by atoms with E-state index in [1.807, 2.05) is 18.2 Å². The van der Waals surface area contributed by atoms with E-state index in [1.54, 1.807) is 12.1 Å². The zero-order chi connectivity index (χ0) is 8.10. The van der Waals surface area contributed by atoms with E-state index >= 15 is 0 Å². The molecule has 0 saturated heterocycles. The van der Waals surface area contributed by atoms with Crippen LogP contribution in [0.15, 0.2) is 30.9 Å². The van der Waals surface area contributed by atoms with Crippen LogP contribution in [-0.4, -0.2) is 6.29 Å². The topological polar surface area (TPSA) is 17.1 Å². The number of hydrogen-bond acceptors (Lipinski definition) is 2. The lowest BCUT2D eigenvalue weighted by molar-refractivity contribution is 0.112. The van der Waals surface area contributed by atoms with Gasteiger partial charge in [0.2, 0.25) is 0 Å². The molecule has 0 unspecified atom stereocenters. The van der Waals surface area contributed by atoms with Crippen molar-refractivity contribution in [2.45, 2.75) is 0 Å². The maximum Gasteiger partial charge on any atom is 0.160 e. The molecule has 0 spiro atoms.